The minimum absolute atomic E-state index is 0.123. The fraction of sp³-hybridized carbons (Fsp3) is 0.714. The molecule has 0 bridgehead atoms. The van der Waals surface area contributed by atoms with E-state index in [9.17, 15) is 4.79 Å². The van der Waals surface area contributed by atoms with Gasteiger partial charge in [-0.25, -0.2) is 4.98 Å². The van der Waals surface area contributed by atoms with E-state index in [0.29, 0.717) is 19.0 Å². The lowest BCUT2D eigenvalue weighted by Crippen LogP contribution is -2.34. The molecule has 1 aliphatic rings. The third-order valence-electron chi connectivity index (χ3n) is 3.54. The first-order valence-electron chi connectivity index (χ1n) is 7.21. The van der Waals surface area contributed by atoms with Crippen molar-refractivity contribution >= 4 is 5.91 Å². The number of carbonyl (C=O) groups excluding carboxylic acids is 1. The van der Waals surface area contributed by atoms with Gasteiger partial charge >= 0.3 is 0 Å². The largest absolute Gasteiger partial charge is 0.354 e. The molecule has 1 fully saturated rings. The van der Waals surface area contributed by atoms with E-state index in [1.54, 1.807) is 0 Å². The van der Waals surface area contributed by atoms with Crippen molar-refractivity contribution in [2.75, 3.05) is 6.54 Å². The molecule has 106 valence electrons. The molecule has 0 aromatic carbocycles. The van der Waals surface area contributed by atoms with Gasteiger partial charge in [-0.15, -0.1) is 0 Å². The summed E-state index contributed by atoms with van der Waals surface area (Å²) in [5.41, 5.74) is 1.21. The second kappa shape index (κ2) is 6.70. The minimum atomic E-state index is 0.123. The Kier molecular flexibility index (Phi) is 4.96. The predicted octanol–water partition coefficient (Wildman–Crippen LogP) is 1.61. The number of aromatic nitrogens is 2. The van der Waals surface area contributed by atoms with E-state index < -0.39 is 0 Å². The highest BCUT2D eigenvalue weighted by atomic mass is 16.1. The van der Waals surface area contributed by atoms with Gasteiger partial charge in [-0.2, -0.15) is 0 Å². The fourth-order valence-electron chi connectivity index (χ4n) is 2.02. The normalized spacial score (nSPS) is 16.3. The maximum absolute atomic E-state index is 11.6. The maximum atomic E-state index is 11.6. The van der Waals surface area contributed by atoms with Gasteiger partial charge in [0.15, 0.2) is 0 Å². The number of hydrogen-bond donors (Lipinski definition) is 2. The van der Waals surface area contributed by atoms with Crippen LogP contribution in [-0.4, -0.2) is 28.0 Å². The Labute approximate surface area is 114 Å². The van der Waals surface area contributed by atoms with Crippen molar-refractivity contribution in [2.45, 2.75) is 58.2 Å². The molecule has 5 nitrogen and oxygen atoms in total. The minimum Gasteiger partial charge on any atom is -0.354 e. The molecule has 0 aliphatic heterocycles. The van der Waals surface area contributed by atoms with Gasteiger partial charge in [0.2, 0.25) is 5.91 Å². The summed E-state index contributed by atoms with van der Waals surface area (Å²) in [6, 6.07) is 0.928. The van der Waals surface area contributed by atoms with Gasteiger partial charge in [-0.1, -0.05) is 6.92 Å². The van der Waals surface area contributed by atoms with Gasteiger partial charge in [-0.05, 0) is 26.2 Å². The number of amides is 1. The van der Waals surface area contributed by atoms with Crippen LogP contribution >= 0.6 is 0 Å². The smallest absolute Gasteiger partial charge is 0.221 e. The van der Waals surface area contributed by atoms with Crippen molar-refractivity contribution in [2.24, 2.45) is 0 Å². The van der Waals surface area contributed by atoms with Gasteiger partial charge in [0.1, 0.15) is 0 Å². The van der Waals surface area contributed by atoms with E-state index in [-0.39, 0.29) is 11.9 Å². The summed E-state index contributed by atoms with van der Waals surface area (Å²) in [5.74, 6) is 0.123. The standard InChI is InChI=1S/C14H24N4O/c1-3-11(2)17-14(19)6-7-15-8-13-9-16-10-18(13)12-4-5-12/h9-12,15H,3-8H2,1-2H3,(H,17,19). The van der Waals surface area contributed by atoms with Crippen LogP contribution in [0.15, 0.2) is 12.5 Å². The van der Waals surface area contributed by atoms with E-state index in [2.05, 4.69) is 27.1 Å². The van der Waals surface area contributed by atoms with E-state index in [1.807, 2.05) is 19.4 Å². The van der Waals surface area contributed by atoms with E-state index in [0.717, 1.165) is 13.0 Å². The highest BCUT2D eigenvalue weighted by Crippen LogP contribution is 2.35. The summed E-state index contributed by atoms with van der Waals surface area (Å²) >= 11 is 0. The van der Waals surface area contributed by atoms with Crippen LogP contribution in [0.5, 0.6) is 0 Å². The van der Waals surface area contributed by atoms with E-state index >= 15 is 0 Å². The SMILES string of the molecule is CCC(C)NC(=O)CCNCc1cncn1C1CC1. The first kappa shape index (κ1) is 14.1. The van der Waals surface area contributed by atoms with Crippen molar-refractivity contribution in [3.05, 3.63) is 18.2 Å². The van der Waals surface area contributed by atoms with Crippen LogP contribution in [0.3, 0.4) is 0 Å². The van der Waals surface area contributed by atoms with Crippen molar-refractivity contribution in [1.82, 2.24) is 20.2 Å². The zero-order chi connectivity index (χ0) is 13.7. The first-order valence-corrected chi connectivity index (χ1v) is 7.21. The molecule has 1 aliphatic carbocycles. The monoisotopic (exact) mass is 264 g/mol. The lowest BCUT2D eigenvalue weighted by molar-refractivity contribution is -0.121. The van der Waals surface area contributed by atoms with Crippen LogP contribution < -0.4 is 10.6 Å². The summed E-state index contributed by atoms with van der Waals surface area (Å²) in [5, 5.41) is 6.28. The molecule has 5 heteroatoms. The zero-order valence-electron chi connectivity index (χ0n) is 11.9. The zero-order valence-corrected chi connectivity index (χ0v) is 11.9. The summed E-state index contributed by atoms with van der Waals surface area (Å²) in [6.07, 6.45) is 7.85. The molecule has 0 saturated heterocycles. The predicted molar refractivity (Wildman–Crippen MR) is 74.7 cm³/mol. The number of nitrogens with zero attached hydrogens (tertiary/aromatic N) is 2. The molecule has 1 aromatic heterocycles. The summed E-state index contributed by atoms with van der Waals surface area (Å²) in [4.78, 5) is 15.8. The molecule has 1 atom stereocenters. The molecular formula is C14H24N4O. The molecule has 0 radical (unpaired) electrons. The summed E-state index contributed by atoms with van der Waals surface area (Å²) < 4.78 is 2.24. The lowest BCUT2D eigenvalue weighted by Gasteiger charge is -2.12. The average molecular weight is 264 g/mol. The summed E-state index contributed by atoms with van der Waals surface area (Å²) in [6.45, 7) is 5.59. The number of imidazole rings is 1. The highest BCUT2D eigenvalue weighted by Gasteiger charge is 2.24. The number of hydrogen-bond acceptors (Lipinski definition) is 3. The van der Waals surface area contributed by atoms with Gasteiger partial charge in [0.25, 0.3) is 0 Å². The molecule has 1 saturated carbocycles. The lowest BCUT2D eigenvalue weighted by atomic mass is 10.2. The fourth-order valence-corrected chi connectivity index (χ4v) is 2.02. The van der Waals surface area contributed by atoms with Crippen molar-refractivity contribution < 1.29 is 4.79 Å². The Morgan fingerprint density at radius 1 is 1.58 bits per heavy atom. The second-order valence-corrected chi connectivity index (χ2v) is 5.33. The molecular weight excluding hydrogens is 240 g/mol. The Bertz CT molecular complexity index is 411. The molecule has 2 rings (SSSR count). The molecule has 2 N–H and O–H groups in total. The van der Waals surface area contributed by atoms with Crippen molar-refractivity contribution in [1.29, 1.82) is 0 Å². The van der Waals surface area contributed by atoms with E-state index in [1.165, 1.54) is 18.5 Å². The molecule has 1 heterocycles. The van der Waals surface area contributed by atoms with Gasteiger partial charge < -0.3 is 15.2 Å². The number of rotatable bonds is 8. The number of carbonyl (C=O) groups is 1. The second-order valence-electron chi connectivity index (χ2n) is 5.33. The Morgan fingerprint density at radius 3 is 3.05 bits per heavy atom. The Hall–Kier alpha value is -1.36. The van der Waals surface area contributed by atoms with Crippen LogP contribution in [0.4, 0.5) is 0 Å². The Balaban J connectivity index is 1.63. The quantitative estimate of drug-likeness (QED) is 0.701. The molecule has 19 heavy (non-hydrogen) atoms. The van der Waals surface area contributed by atoms with Crippen LogP contribution in [0.1, 0.15) is 51.3 Å². The molecule has 0 spiro atoms. The van der Waals surface area contributed by atoms with Gasteiger partial charge in [-0.3, -0.25) is 4.79 Å². The third-order valence-corrected chi connectivity index (χ3v) is 3.54. The maximum Gasteiger partial charge on any atom is 0.221 e. The van der Waals surface area contributed by atoms with Crippen LogP contribution in [0.2, 0.25) is 0 Å². The van der Waals surface area contributed by atoms with Crippen LogP contribution in [0.25, 0.3) is 0 Å². The summed E-state index contributed by atoms with van der Waals surface area (Å²) in [7, 11) is 0. The van der Waals surface area contributed by atoms with Crippen LogP contribution in [-0.2, 0) is 11.3 Å². The third kappa shape index (κ3) is 4.35. The Morgan fingerprint density at radius 2 is 2.37 bits per heavy atom. The topological polar surface area (TPSA) is 59.0 Å². The molecule has 1 amide bonds. The van der Waals surface area contributed by atoms with Crippen molar-refractivity contribution in [3.8, 4) is 0 Å². The van der Waals surface area contributed by atoms with Gasteiger partial charge in [0.05, 0.1) is 12.0 Å². The molecule has 1 unspecified atom stereocenters. The van der Waals surface area contributed by atoms with Gasteiger partial charge in [0, 0.05) is 37.8 Å². The highest BCUT2D eigenvalue weighted by molar-refractivity contribution is 5.76. The first-order chi connectivity index (χ1) is 9.20. The molecule has 1 aromatic rings. The van der Waals surface area contributed by atoms with E-state index in [4.69, 9.17) is 0 Å². The van der Waals surface area contributed by atoms with Crippen LogP contribution in [0, 0.1) is 0 Å². The average Bonchev–Trinajstić information content (AvgIpc) is 3.14. The number of nitrogens with one attached hydrogen (secondary N) is 2. The van der Waals surface area contributed by atoms with Crippen molar-refractivity contribution in [3.63, 3.8) is 0 Å².